The minimum atomic E-state index is 0.191. The van der Waals surface area contributed by atoms with Gasteiger partial charge in [0.15, 0.2) is 0 Å². The van der Waals surface area contributed by atoms with Gasteiger partial charge in [0.1, 0.15) is 5.76 Å². The van der Waals surface area contributed by atoms with Crippen LogP contribution < -0.4 is 10.2 Å². The molecule has 112 valence electrons. The lowest BCUT2D eigenvalue weighted by Crippen LogP contribution is -2.31. The molecule has 0 unspecified atom stereocenters. The first-order chi connectivity index (χ1) is 10.2. The van der Waals surface area contributed by atoms with E-state index in [1.54, 1.807) is 6.20 Å². The monoisotopic (exact) mass is 308 g/mol. The first kappa shape index (κ1) is 14.1. The summed E-state index contributed by atoms with van der Waals surface area (Å²) in [5.74, 6) is 2.42. The van der Waals surface area contributed by atoms with Crippen molar-refractivity contribution in [1.82, 2.24) is 19.9 Å². The number of anilines is 2. The second kappa shape index (κ2) is 6.26. The Bertz CT molecular complexity index is 610. The van der Waals surface area contributed by atoms with E-state index >= 15 is 0 Å². The lowest BCUT2D eigenvalue weighted by molar-refractivity contribution is 0.478. The molecule has 0 amide bonds. The summed E-state index contributed by atoms with van der Waals surface area (Å²) in [4.78, 5) is 19.0. The number of hydrogen-bond donors (Lipinski definition) is 1. The van der Waals surface area contributed by atoms with E-state index in [0.29, 0.717) is 24.3 Å². The number of rotatable bonds is 4. The Morgan fingerprint density at radius 1 is 1.24 bits per heavy atom. The Hall–Kier alpha value is -1.89. The molecule has 0 saturated carbocycles. The first-order valence-corrected chi connectivity index (χ1v) is 7.40. The maximum atomic E-state index is 5.99. The maximum absolute atomic E-state index is 5.99. The van der Waals surface area contributed by atoms with Gasteiger partial charge in [-0.2, -0.15) is 15.0 Å². The van der Waals surface area contributed by atoms with Crippen LogP contribution in [0.3, 0.4) is 0 Å². The van der Waals surface area contributed by atoms with Crippen LogP contribution in [0.1, 0.15) is 30.9 Å². The van der Waals surface area contributed by atoms with Gasteiger partial charge in [0.2, 0.25) is 23.1 Å². The van der Waals surface area contributed by atoms with Gasteiger partial charge in [-0.15, -0.1) is 0 Å². The number of aryl methyl sites for hydroxylation is 1. The van der Waals surface area contributed by atoms with Gasteiger partial charge in [-0.25, -0.2) is 4.98 Å². The number of nitrogens with zero attached hydrogens (tertiary/aromatic N) is 5. The van der Waals surface area contributed by atoms with E-state index < -0.39 is 0 Å². The summed E-state index contributed by atoms with van der Waals surface area (Å²) in [7, 11) is 0. The predicted molar refractivity (Wildman–Crippen MR) is 79.5 cm³/mol. The molecule has 0 spiro atoms. The van der Waals surface area contributed by atoms with Gasteiger partial charge in [0.05, 0.1) is 12.7 Å². The van der Waals surface area contributed by atoms with E-state index in [-0.39, 0.29) is 5.28 Å². The molecule has 0 radical (unpaired) electrons. The van der Waals surface area contributed by atoms with Crippen molar-refractivity contribution in [3.05, 3.63) is 23.1 Å². The third kappa shape index (κ3) is 3.60. The van der Waals surface area contributed by atoms with Crippen LogP contribution in [0.4, 0.5) is 11.9 Å². The summed E-state index contributed by atoms with van der Waals surface area (Å²) in [6.07, 6.45) is 5.24. The molecule has 1 aliphatic rings. The van der Waals surface area contributed by atoms with Crippen LogP contribution in [0.2, 0.25) is 5.28 Å². The minimum Gasteiger partial charge on any atom is -0.444 e. The molecule has 2 aromatic heterocycles. The Morgan fingerprint density at radius 3 is 2.76 bits per heavy atom. The van der Waals surface area contributed by atoms with E-state index in [4.69, 9.17) is 16.0 Å². The predicted octanol–water partition coefficient (Wildman–Crippen LogP) is 2.42. The molecule has 0 aromatic carbocycles. The number of piperidine rings is 1. The third-order valence-electron chi connectivity index (χ3n) is 3.30. The molecular formula is C13H17ClN6O. The Balaban J connectivity index is 1.71. The van der Waals surface area contributed by atoms with Crippen LogP contribution in [0.25, 0.3) is 0 Å². The fraction of sp³-hybridized carbons (Fsp3) is 0.538. The minimum absolute atomic E-state index is 0.191. The molecule has 1 N–H and O–H groups in total. The van der Waals surface area contributed by atoms with E-state index in [0.717, 1.165) is 31.7 Å². The van der Waals surface area contributed by atoms with Gasteiger partial charge in [-0.1, -0.05) is 0 Å². The maximum Gasteiger partial charge on any atom is 0.231 e. The summed E-state index contributed by atoms with van der Waals surface area (Å²) in [5, 5.41) is 3.26. The van der Waals surface area contributed by atoms with Crippen molar-refractivity contribution in [2.24, 2.45) is 0 Å². The van der Waals surface area contributed by atoms with Crippen molar-refractivity contribution in [3.8, 4) is 0 Å². The highest BCUT2D eigenvalue weighted by atomic mass is 35.5. The summed E-state index contributed by atoms with van der Waals surface area (Å²) in [5.41, 5.74) is 0. The SMILES string of the molecule is Cc1cnc(CNc2nc(Cl)nc(N3CCCCC3)n2)o1. The van der Waals surface area contributed by atoms with Gasteiger partial charge in [0.25, 0.3) is 0 Å². The molecule has 1 aliphatic heterocycles. The van der Waals surface area contributed by atoms with E-state index in [2.05, 4.69) is 30.2 Å². The van der Waals surface area contributed by atoms with Crippen LogP contribution in [-0.4, -0.2) is 33.0 Å². The number of aromatic nitrogens is 4. The fourth-order valence-electron chi connectivity index (χ4n) is 2.29. The van der Waals surface area contributed by atoms with Gasteiger partial charge in [-0.05, 0) is 37.8 Å². The van der Waals surface area contributed by atoms with Crippen molar-refractivity contribution in [2.45, 2.75) is 32.7 Å². The highest BCUT2D eigenvalue weighted by Gasteiger charge is 2.15. The lowest BCUT2D eigenvalue weighted by Gasteiger charge is -2.26. The lowest BCUT2D eigenvalue weighted by atomic mass is 10.1. The molecule has 1 fully saturated rings. The summed E-state index contributed by atoms with van der Waals surface area (Å²) >= 11 is 5.99. The van der Waals surface area contributed by atoms with Crippen molar-refractivity contribution < 1.29 is 4.42 Å². The molecule has 1 saturated heterocycles. The highest BCUT2D eigenvalue weighted by molar-refractivity contribution is 6.28. The zero-order valence-electron chi connectivity index (χ0n) is 11.8. The molecule has 2 aromatic rings. The van der Waals surface area contributed by atoms with E-state index in [1.165, 1.54) is 6.42 Å². The fourth-order valence-corrected chi connectivity index (χ4v) is 2.45. The Kier molecular flexibility index (Phi) is 4.19. The van der Waals surface area contributed by atoms with Crippen LogP contribution in [0, 0.1) is 6.92 Å². The quantitative estimate of drug-likeness (QED) is 0.929. The molecule has 0 aliphatic carbocycles. The Morgan fingerprint density at radius 2 is 2.05 bits per heavy atom. The van der Waals surface area contributed by atoms with Gasteiger partial charge >= 0.3 is 0 Å². The molecule has 8 heteroatoms. The van der Waals surface area contributed by atoms with Gasteiger partial charge in [0, 0.05) is 13.1 Å². The molecular weight excluding hydrogens is 292 g/mol. The van der Waals surface area contributed by atoms with Crippen molar-refractivity contribution in [3.63, 3.8) is 0 Å². The zero-order chi connectivity index (χ0) is 14.7. The summed E-state index contributed by atoms with van der Waals surface area (Å²) < 4.78 is 5.39. The van der Waals surface area contributed by atoms with Crippen molar-refractivity contribution in [2.75, 3.05) is 23.3 Å². The first-order valence-electron chi connectivity index (χ1n) is 7.02. The average molecular weight is 309 g/mol. The average Bonchev–Trinajstić information content (AvgIpc) is 2.91. The second-order valence-electron chi connectivity index (χ2n) is 4.99. The van der Waals surface area contributed by atoms with Crippen LogP contribution in [0.5, 0.6) is 0 Å². The Labute approximate surface area is 127 Å². The molecule has 0 atom stereocenters. The topological polar surface area (TPSA) is 80.0 Å². The van der Waals surface area contributed by atoms with Crippen LogP contribution in [-0.2, 0) is 6.54 Å². The van der Waals surface area contributed by atoms with Crippen molar-refractivity contribution >= 4 is 23.5 Å². The number of nitrogens with one attached hydrogen (secondary N) is 1. The molecule has 3 heterocycles. The molecule has 21 heavy (non-hydrogen) atoms. The standard InChI is InChI=1S/C13H17ClN6O/c1-9-7-15-10(21-9)8-16-12-17-11(14)18-13(19-12)20-5-3-2-4-6-20/h7H,2-6,8H2,1H3,(H,16,17,18,19). The largest absolute Gasteiger partial charge is 0.444 e. The second-order valence-corrected chi connectivity index (χ2v) is 5.33. The zero-order valence-corrected chi connectivity index (χ0v) is 12.6. The number of halogens is 1. The normalized spacial score (nSPS) is 15.2. The smallest absolute Gasteiger partial charge is 0.231 e. The van der Waals surface area contributed by atoms with Gasteiger partial charge in [-0.3, -0.25) is 0 Å². The number of hydrogen-bond acceptors (Lipinski definition) is 7. The summed E-state index contributed by atoms with van der Waals surface area (Å²) in [6, 6.07) is 0. The van der Waals surface area contributed by atoms with Crippen LogP contribution in [0.15, 0.2) is 10.6 Å². The molecule has 0 bridgehead atoms. The van der Waals surface area contributed by atoms with E-state index in [9.17, 15) is 0 Å². The molecule has 3 rings (SSSR count). The van der Waals surface area contributed by atoms with Gasteiger partial charge < -0.3 is 14.6 Å². The molecule has 7 nitrogen and oxygen atoms in total. The highest BCUT2D eigenvalue weighted by Crippen LogP contribution is 2.18. The van der Waals surface area contributed by atoms with Crippen LogP contribution >= 0.6 is 11.6 Å². The number of oxazole rings is 1. The van der Waals surface area contributed by atoms with Crippen molar-refractivity contribution in [1.29, 1.82) is 0 Å². The summed E-state index contributed by atoms with van der Waals surface area (Å²) in [6.45, 7) is 4.18. The third-order valence-corrected chi connectivity index (χ3v) is 3.47. The van der Waals surface area contributed by atoms with E-state index in [1.807, 2.05) is 6.92 Å².